The Bertz CT molecular complexity index is 797. The number of aryl methyl sites for hydroxylation is 1. The van der Waals surface area contributed by atoms with E-state index < -0.39 is 0 Å². The van der Waals surface area contributed by atoms with E-state index in [1.54, 1.807) is 14.2 Å². The van der Waals surface area contributed by atoms with Crippen molar-refractivity contribution < 1.29 is 9.47 Å². The van der Waals surface area contributed by atoms with Gasteiger partial charge in [0, 0.05) is 37.1 Å². The topological polar surface area (TPSA) is 34.1 Å². The van der Waals surface area contributed by atoms with Gasteiger partial charge in [-0.05, 0) is 61.1 Å². The first-order valence-corrected chi connectivity index (χ1v) is 9.17. The van der Waals surface area contributed by atoms with Crippen LogP contribution in [0, 0.1) is 0 Å². The minimum Gasteiger partial charge on any atom is -0.497 e. The lowest BCUT2D eigenvalue weighted by atomic mass is 10.0. The lowest BCUT2D eigenvalue weighted by molar-refractivity contribution is 0.391. The van der Waals surface area contributed by atoms with Crippen LogP contribution >= 0.6 is 0 Å². The molecule has 138 valence electrons. The summed E-state index contributed by atoms with van der Waals surface area (Å²) in [5, 5.41) is 0. The van der Waals surface area contributed by atoms with Crippen molar-refractivity contribution in [1.82, 2.24) is 0 Å². The third-order valence-electron chi connectivity index (χ3n) is 4.96. The molecule has 0 aromatic heterocycles. The van der Waals surface area contributed by atoms with Crippen LogP contribution in [-0.4, -0.2) is 34.0 Å². The van der Waals surface area contributed by atoms with Gasteiger partial charge in [-0.25, -0.2) is 0 Å². The number of methoxy groups -OCH3 is 2. The highest BCUT2D eigenvalue weighted by atomic mass is 16.5. The fraction of sp³-hybridized carbons (Fsp3) is 0.409. The number of fused-ring (bicyclic) bond motifs is 1. The summed E-state index contributed by atoms with van der Waals surface area (Å²) in [5.41, 5.74) is 6.26. The van der Waals surface area contributed by atoms with Crippen LogP contribution in [0.1, 0.15) is 36.0 Å². The van der Waals surface area contributed by atoms with Gasteiger partial charge in [-0.1, -0.05) is 6.07 Å². The second kappa shape index (κ2) is 8.26. The summed E-state index contributed by atoms with van der Waals surface area (Å²) in [5.74, 6) is 1.62. The first-order valence-electron chi connectivity index (χ1n) is 9.17. The Morgan fingerprint density at radius 3 is 2.50 bits per heavy atom. The van der Waals surface area contributed by atoms with Crippen LogP contribution in [0.4, 0.5) is 5.69 Å². The number of benzene rings is 2. The van der Waals surface area contributed by atoms with E-state index in [0.29, 0.717) is 6.54 Å². The molecular weight excluding hydrogens is 324 g/mol. The van der Waals surface area contributed by atoms with Crippen LogP contribution in [-0.2, 0) is 13.0 Å². The molecular formula is C22H28N2O2. The Kier molecular flexibility index (Phi) is 5.82. The van der Waals surface area contributed by atoms with Crippen molar-refractivity contribution in [3.05, 3.63) is 53.1 Å². The number of aliphatic imine (C=N–C) groups is 1. The Morgan fingerprint density at radius 2 is 1.77 bits per heavy atom. The Labute approximate surface area is 156 Å². The van der Waals surface area contributed by atoms with Crippen LogP contribution in [0.3, 0.4) is 0 Å². The van der Waals surface area contributed by atoms with Crippen molar-refractivity contribution in [3.8, 4) is 11.5 Å². The standard InChI is InChI=1S/C22H28N2O2/c1-24(2)18-10-12-20-16(13-18)7-5-6-8-21(20)23-15-17-9-11-19(25-3)14-22(17)26-4/h9-14H,5-8,15H2,1-4H3. The number of hydrogen-bond acceptors (Lipinski definition) is 4. The first-order chi connectivity index (χ1) is 12.6. The Morgan fingerprint density at radius 1 is 0.962 bits per heavy atom. The van der Waals surface area contributed by atoms with Gasteiger partial charge < -0.3 is 14.4 Å². The maximum Gasteiger partial charge on any atom is 0.127 e. The zero-order chi connectivity index (χ0) is 18.5. The molecule has 0 amide bonds. The molecule has 4 nitrogen and oxygen atoms in total. The molecule has 0 heterocycles. The molecule has 4 heteroatoms. The molecule has 3 rings (SSSR count). The van der Waals surface area contributed by atoms with Gasteiger partial charge in [-0.15, -0.1) is 0 Å². The van der Waals surface area contributed by atoms with Crippen LogP contribution in [0.5, 0.6) is 11.5 Å². The lowest BCUT2D eigenvalue weighted by Crippen LogP contribution is -2.10. The fourth-order valence-electron chi connectivity index (χ4n) is 3.42. The molecule has 0 fully saturated rings. The molecule has 0 aliphatic heterocycles. The Hall–Kier alpha value is -2.49. The molecule has 0 saturated carbocycles. The molecule has 2 aromatic carbocycles. The minimum atomic E-state index is 0.622. The highest BCUT2D eigenvalue weighted by Crippen LogP contribution is 2.28. The monoisotopic (exact) mass is 352 g/mol. The molecule has 0 radical (unpaired) electrons. The summed E-state index contributed by atoms with van der Waals surface area (Å²) in [7, 11) is 7.53. The van der Waals surface area contributed by atoms with Gasteiger partial charge in [0.1, 0.15) is 11.5 Å². The molecule has 26 heavy (non-hydrogen) atoms. The average Bonchev–Trinajstić information content (AvgIpc) is 2.87. The largest absolute Gasteiger partial charge is 0.497 e. The molecule has 1 aliphatic carbocycles. The quantitative estimate of drug-likeness (QED) is 0.744. The molecule has 0 N–H and O–H groups in total. The van der Waals surface area contributed by atoms with Crippen molar-refractivity contribution in [2.45, 2.75) is 32.2 Å². The predicted molar refractivity (Wildman–Crippen MR) is 108 cm³/mol. The van der Waals surface area contributed by atoms with Gasteiger partial charge in [-0.3, -0.25) is 4.99 Å². The second-order valence-corrected chi connectivity index (χ2v) is 6.88. The number of nitrogens with zero attached hydrogens (tertiary/aromatic N) is 2. The van der Waals surface area contributed by atoms with Crippen molar-refractivity contribution >= 4 is 11.4 Å². The normalized spacial score (nSPS) is 15.3. The highest BCUT2D eigenvalue weighted by molar-refractivity contribution is 6.02. The third-order valence-corrected chi connectivity index (χ3v) is 4.96. The van der Waals surface area contributed by atoms with Crippen molar-refractivity contribution in [2.24, 2.45) is 4.99 Å². The highest BCUT2D eigenvalue weighted by Gasteiger charge is 2.15. The zero-order valence-electron chi connectivity index (χ0n) is 16.2. The maximum atomic E-state index is 5.51. The predicted octanol–water partition coefficient (Wildman–Crippen LogP) is 4.49. The van der Waals surface area contributed by atoms with Crippen molar-refractivity contribution in [2.75, 3.05) is 33.2 Å². The summed E-state index contributed by atoms with van der Waals surface area (Å²) in [6.07, 6.45) is 4.56. The van der Waals surface area contributed by atoms with Crippen LogP contribution in [0.2, 0.25) is 0 Å². The number of rotatable bonds is 5. The summed E-state index contributed by atoms with van der Waals surface area (Å²) in [6, 6.07) is 12.6. The van der Waals surface area contributed by atoms with Crippen LogP contribution in [0.25, 0.3) is 0 Å². The SMILES string of the molecule is COc1ccc(CN=C2CCCCc3cc(N(C)C)ccc32)c(OC)c1. The van der Waals surface area contributed by atoms with Gasteiger partial charge in [0.05, 0.1) is 20.8 Å². The van der Waals surface area contributed by atoms with Gasteiger partial charge in [0.2, 0.25) is 0 Å². The average molecular weight is 352 g/mol. The second-order valence-electron chi connectivity index (χ2n) is 6.88. The summed E-state index contributed by atoms with van der Waals surface area (Å²) in [6.45, 7) is 0.622. The van der Waals surface area contributed by atoms with Gasteiger partial charge in [-0.2, -0.15) is 0 Å². The fourth-order valence-corrected chi connectivity index (χ4v) is 3.42. The van der Waals surface area contributed by atoms with E-state index >= 15 is 0 Å². The van der Waals surface area contributed by atoms with Crippen molar-refractivity contribution in [1.29, 1.82) is 0 Å². The minimum absolute atomic E-state index is 0.622. The summed E-state index contributed by atoms with van der Waals surface area (Å²) < 4.78 is 10.8. The van der Waals surface area contributed by atoms with E-state index in [0.717, 1.165) is 29.9 Å². The lowest BCUT2D eigenvalue weighted by Gasteiger charge is -2.16. The van der Waals surface area contributed by atoms with Gasteiger partial charge >= 0.3 is 0 Å². The zero-order valence-corrected chi connectivity index (χ0v) is 16.2. The van der Waals surface area contributed by atoms with Crippen LogP contribution < -0.4 is 14.4 Å². The maximum absolute atomic E-state index is 5.51. The van der Waals surface area contributed by atoms with Crippen molar-refractivity contribution in [3.63, 3.8) is 0 Å². The molecule has 0 bridgehead atoms. The molecule has 0 spiro atoms. The molecule has 2 aromatic rings. The molecule has 0 atom stereocenters. The summed E-state index contributed by atoms with van der Waals surface area (Å²) >= 11 is 0. The van der Waals surface area contributed by atoms with E-state index in [4.69, 9.17) is 14.5 Å². The third kappa shape index (κ3) is 4.01. The number of ether oxygens (including phenoxy) is 2. The van der Waals surface area contributed by atoms with E-state index in [1.807, 2.05) is 18.2 Å². The number of anilines is 1. The molecule has 1 aliphatic rings. The van der Waals surface area contributed by atoms with E-state index in [1.165, 1.54) is 35.4 Å². The van der Waals surface area contributed by atoms with E-state index in [9.17, 15) is 0 Å². The molecule has 0 saturated heterocycles. The number of hydrogen-bond donors (Lipinski definition) is 0. The Balaban J connectivity index is 1.90. The van der Waals surface area contributed by atoms with Crippen LogP contribution in [0.15, 0.2) is 41.4 Å². The smallest absolute Gasteiger partial charge is 0.127 e. The summed E-state index contributed by atoms with van der Waals surface area (Å²) in [4.78, 5) is 7.13. The van der Waals surface area contributed by atoms with E-state index in [2.05, 4.69) is 37.2 Å². The van der Waals surface area contributed by atoms with E-state index in [-0.39, 0.29) is 0 Å². The van der Waals surface area contributed by atoms with Gasteiger partial charge in [0.25, 0.3) is 0 Å². The molecule has 0 unspecified atom stereocenters. The van der Waals surface area contributed by atoms with Gasteiger partial charge in [0.15, 0.2) is 0 Å². The first kappa shape index (κ1) is 18.3.